The molecule has 132 valence electrons. The predicted octanol–water partition coefficient (Wildman–Crippen LogP) is 3.17. The third-order valence-corrected chi connectivity index (χ3v) is 4.45. The van der Waals surface area contributed by atoms with E-state index in [1.165, 1.54) is 25.7 Å². The Kier molecular flexibility index (Phi) is 7.75. The third-order valence-electron chi connectivity index (χ3n) is 4.45. The molecule has 0 saturated heterocycles. The van der Waals surface area contributed by atoms with Crippen molar-refractivity contribution >= 4 is 11.9 Å². The summed E-state index contributed by atoms with van der Waals surface area (Å²) in [6, 6.07) is 6.81. The highest BCUT2D eigenvalue weighted by molar-refractivity contribution is 5.89. The number of nitrogens with one attached hydrogen (secondary N) is 1. The van der Waals surface area contributed by atoms with Gasteiger partial charge in [0.25, 0.3) is 0 Å². The summed E-state index contributed by atoms with van der Waals surface area (Å²) in [6.07, 6.45) is 8.38. The minimum atomic E-state index is -0.956. The van der Waals surface area contributed by atoms with Gasteiger partial charge in [-0.2, -0.15) is 0 Å². The van der Waals surface area contributed by atoms with Gasteiger partial charge in [0.1, 0.15) is 0 Å². The summed E-state index contributed by atoms with van der Waals surface area (Å²) < 4.78 is 5.83. The molecular formula is C19H27NO4. The first-order valence-corrected chi connectivity index (χ1v) is 8.86. The van der Waals surface area contributed by atoms with E-state index < -0.39 is 5.97 Å². The lowest BCUT2D eigenvalue weighted by molar-refractivity contribution is -0.121. The molecule has 2 rings (SSSR count). The average Bonchev–Trinajstić information content (AvgIpc) is 2.86. The Balaban J connectivity index is 1.64. The van der Waals surface area contributed by atoms with E-state index in [1.807, 2.05) is 0 Å². The van der Waals surface area contributed by atoms with Crippen LogP contribution in [0.4, 0.5) is 0 Å². The van der Waals surface area contributed by atoms with Gasteiger partial charge in [0.05, 0.1) is 18.3 Å². The van der Waals surface area contributed by atoms with Gasteiger partial charge in [-0.1, -0.05) is 43.9 Å². The third kappa shape index (κ3) is 6.32. The Morgan fingerprint density at radius 3 is 2.54 bits per heavy atom. The van der Waals surface area contributed by atoms with Crippen LogP contribution in [0.15, 0.2) is 24.3 Å². The fourth-order valence-corrected chi connectivity index (χ4v) is 3.11. The second-order valence-corrected chi connectivity index (χ2v) is 6.30. The first-order valence-electron chi connectivity index (χ1n) is 8.86. The van der Waals surface area contributed by atoms with E-state index in [-0.39, 0.29) is 17.9 Å². The fraction of sp³-hybridized carbons (Fsp3) is 0.579. The second kappa shape index (κ2) is 10.1. The molecule has 0 spiro atoms. The van der Waals surface area contributed by atoms with Crippen LogP contribution in [0.3, 0.4) is 0 Å². The van der Waals surface area contributed by atoms with Crippen molar-refractivity contribution in [2.45, 2.75) is 57.5 Å². The number of ether oxygens (including phenoxy) is 1. The van der Waals surface area contributed by atoms with E-state index in [2.05, 4.69) is 5.32 Å². The number of hydrogen-bond donors (Lipinski definition) is 2. The molecule has 0 atom stereocenters. The summed E-state index contributed by atoms with van der Waals surface area (Å²) in [4.78, 5) is 23.0. The molecule has 1 saturated carbocycles. The topological polar surface area (TPSA) is 75.6 Å². The van der Waals surface area contributed by atoms with Gasteiger partial charge < -0.3 is 15.2 Å². The number of carboxylic acids is 1. The molecule has 1 aromatic rings. The Morgan fingerprint density at radius 2 is 1.83 bits per heavy atom. The van der Waals surface area contributed by atoms with Crippen LogP contribution in [-0.2, 0) is 16.0 Å². The van der Waals surface area contributed by atoms with Crippen molar-refractivity contribution < 1.29 is 19.4 Å². The number of hydrogen-bond acceptors (Lipinski definition) is 3. The van der Waals surface area contributed by atoms with E-state index in [1.54, 1.807) is 24.3 Å². The number of aryl methyl sites for hydroxylation is 1. The number of rotatable bonds is 8. The minimum Gasteiger partial charge on any atom is -0.478 e. The lowest BCUT2D eigenvalue weighted by Gasteiger charge is -2.15. The molecule has 5 heteroatoms. The lowest BCUT2D eigenvalue weighted by atomic mass is 10.0. The number of benzene rings is 1. The average molecular weight is 333 g/mol. The van der Waals surface area contributed by atoms with Crippen molar-refractivity contribution in [2.24, 2.45) is 0 Å². The highest BCUT2D eigenvalue weighted by Gasteiger charge is 2.13. The van der Waals surface area contributed by atoms with Gasteiger partial charge in [-0.15, -0.1) is 0 Å². The zero-order valence-electron chi connectivity index (χ0n) is 14.1. The Bertz CT molecular complexity index is 536. The van der Waals surface area contributed by atoms with E-state index >= 15 is 0 Å². The van der Waals surface area contributed by atoms with Crippen molar-refractivity contribution in [1.29, 1.82) is 0 Å². The largest absolute Gasteiger partial charge is 0.478 e. The standard InChI is InChI=1S/C19H27NO4/c21-18(12-11-15-7-5-6-10-17(15)19(22)23)20-13-14-24-16-8-3-1-2-4-9-16/h5-7,10,16H,1-4,8-9,11-14H2,(H,20,21)(H,22,23). The maximum Gasteiger partial charge on any atom is 0.335 e. The molecule has 1 aliphatic rings. The van der Waals surface area contributed by atoms with E-state index in [4.69, 9.17) is 9.84 Å². The first-order chi connectivity index (χ1) is 11.7. The summed E-state index contributed by atoms with van der Waals surface area (Å²) in [5.74, 6) is -1.03. The highest BCUT2D eigenvalue weighted by atomic mass is 16.5. The number of carbonyl (C=O) groups excluding carboxylic acids is 1. The zero-order chi connectivity index (χ0) is 17.2. The van der Waals surface area contributed by atoms with Gasteiger partial charge in [-0.3, -0.25) is 4.79 Å². The lowest BCUT2D eigenvalue weighted by Crippen LogP contribution is -2.29. The Labute approximate surface area is 143 Å². The van der Waals surface area contributed by atoms with Crippen LogP contribution >= 0.6 is 0 Å². The normalized spacial score (nSPS) is 15.7. The van der Waals surface area contributed by atoms with Gasteiger partial charge >= 0.3 is 5.97 Å². The van der Waals surface area contributed by atoms with Crippen LogP contribution in [0, 0.1) is 0 Å². The molecule has 24 heavy (non-hydrogen) atoms. The maximum absolute atomic E-state index is 11.9. The molecule has 0 aromatic heterocycles. The number of carbonyl (C=O) groups is 2. The number of amides is 1. The SMILES string of the molecule is O=C(CCc1ccccc1C(=O)O)NCCOC1CCCCCC1. The van der Waals surface area contributed by atoms with Crippen molar-refractivity contribution in [3.8, 4) is 0 Å². The number of carboxylic acid groups (broad SMARTS) is 1. The summed E-state index contributed by atoms with van der Waals surface area (Å²) in [7, 11) is 0. The maximum atomic E-state index is 11.9. The van der Waals surface area contributed by atoms with Gasteiger partial charge in [0.15, 0.2) is 0 Å². The van der Waals surface area contributed by atoms with Crippen LogP contribution in [0.25, 0.3) is 0 Å². The molecule has 5 nitrogen and oxygen atoms in total. The Morgan fingerprint density at radius 1 is 1.12 bits per heavy atom. The summed E-state index contributed by atoms with van der Waals surface area (Å²) in [5, 5.41) is 12.0. The monoisotopic (exact) mass is 333 g/mol. The fourth-order valence-electron chi connectivity index (χ4n) is 3.11. The van der Waals surface area contributed by atoms with Gasteiger partial charge in [0, 0.05) is 13.0 Å². The van der Waals surface area contributed by atoms with Crippen molar-refractivity contribution in [3.63, 3.8) is 0 Å². The predicted molar refractivity (Wildman–Crippen MR) is 92.2 cm³/mol. The first kappa shape index (κ1) is 18.5. The smallest absolute Gasteiger partial charge is 0.335 e. The van der Waals surface area contributed by atoms with Gasteiger partial charge in [-0.05, 0) is 30.9 Å². The van der Waals surface area contributed by atoms with Gasteiger partial charge in [-0.25, -0.2) is 4.79 Å². The molecule has 0 heterocycles. The van der Waals surface area contributed by atoms with Crippen LogP contribution in [0.5, 0.6) is 0 Å². The van der Waals surface area contributed by atoms with Crippen molar-refractivity contribution in [3.05, 3.63) is 35.4 Å². The molecule has 1 aromatic carbocycles. The summed E-state index contributed by atoms with van der Waals surface area (Å²) in [6.45, 7) is 1.05. The molecule has 0 radical (unpaired) electrons. The molecule has 1 amide bonds. The molecule has 1 aliphatic carbocycles. The zero-order valence-corrected chi connectivity index (χ0v) is 14.1. The highest BCUT2D eigenvalue weighted by Crippen LogP contribution is 2.19. The quantitative estimate of drug-likeness (QED) is 0.566. The molecule has 0 aliphatic heterocycles. The van der Waals surface area contributed by atoms with Crippen LogP contribution in [0.1, 0.15) is 60.9 Å². The van der Waals surface area contributed by atoms with Crippen LogP contribution in [-0.4, -0.2) is 36.2 Å². The molecule has 0 bridgehead atoms. The van der Waals surface area contributed by atoms with Crippen LogP contribution < -0.4 is 5.32 Å². The second-order valence-electron chi connectivity index (χ2n) is 6.30. The van der Waals surface area contributed by atoms with E-state index in [9.17, 15) is 9.59 Å². The summed E-state index contributed by atoms with van der Waals surface area (Å²) in [5.41, 5.74) is 0.955. The Hall–Kier alpha value is -1.88. The van der Waals surface area contributed by atoms with Crippen LogP contribution in [0.2, 0.25) is 0 Å². The van der Waals surface area contributed by atoms with Crippen molar-refractivity contribution in [2.75, 3.05) is 13.2 Å². The van der Waals surface area contributed by atoms with Gasteiger partial charge in [0.2, 0.25) is 5.91 Å². The van der Waals surface area contributed by atoms with E-state index in [0.717, 1.165) is 12.8 Å². The molecule has 0 unspecified atom stereocenters. The molecule has 2 N–H and O–H groups in total. The molecule has 1 fully saturated rings. The van der Waals surface area contributed by atoms with Crippen molar-refractivity contribution in [1.82, 2.24) is 5.32 Å². The molecular weight excluding hydrogens is 306 g/mol. The van der Waals surface area contributed by atoms with E-state index in [0.29, 0.717) is 31.2 Å². The number of aromatic carboxylic acids is 1. The summed E-state index contributed by atoms with van der Waals surface area (Å²) >= 11 is 0. The minimum absolute atomic E-state index is 0.0698.